The maximum Gasteiger partial charge on any atom is 0.472 e. The van der Waals surface area contributed by atoms with Crippen LogP contribution in [0, 0.1) is 0 Å². The van der Waals surface area contributed by atoms with E-state index in [-0.39, 0.29) is 25.7 Å². The molecule has 0 rings (SSSR count). The van der Waals surface area contributed by atoms with Gasteiger partial charge in [-0.25, -0.2) is 9.13 Å². The van der Waals surface area contributed by atoms with Crippen molar-refractivity contribution in [2.24, 2.45) is 0 Å². The highest BCUT2D eigenvalue weighted by molar-refractivity contribution is 7.47. The number of hydrogen-bond acceptors (Lipinski definition) is 15. The third-order valence-corrected chi connectivity index (χ3v) is 16.3. The van der Waals surface area contributed by atoms with Crippen LogP contribution >= 0.6 is 15.6 Å². The van der Waals surface area contributed by atoms with Crippen molar-refractivity contribution >= 4 is 39.5 Å². The number of hydrogen-bond donors (Lipinski definition) is 3. The van der Waals surface area contributed by atoms with E-state index in [1.807, 2.05) is 0 Å². The molecule has 2 unspecified atom stereocenters. The number of unbranched alkanes of at least 4 members (excludes halogenated alkanes) is 37. The van der Waals surface area contributed by atoms with Gasteiger partial charge in [-0.3, -0.25) is 37.3 Å². The second-order valence-corrected chi connectivity index (χ2v) is 25.4. The van der Waals surface area contributed by atoms with Crippen molar-refractivity contribution in [2.45, 2.75) is 335 Å². The molecule has 0 aliphatic rings. The zero-order valence-electron chi connectivity index (χ0n) is 51.7. The Kier molecular flexibility index (Phi) is 55.8. The second kappa shape index (κ2) is 57.2. The summed E-state index contributed by atoms with van der Waals surface area (Å²) in [6, 6.07) is 0. The van der Waals surface area contributed by atoms with Gasteiger partial charge in [-0.2, -0.15) is 0 Å². The number of phosphoric ester groups is 2. The van der Waals surface area contributed by atoms with Gasteiger partial charge >= 0.3 is 39.5 Å². The molecule has 0 aromatic heterocycles. The van der Waals surface area contributed by atoms with E-state index in [0.717, 1.165) is 96.3 Å². The third kappa shape index (κ3) is 56.9. The molecule has 17 nitrogen and oxygen atoms in total. The lowest BCUT2D eigenvalue weighted by Gasteiger charge is -2.21. The van der Waals surface area contributed by atoms with E-state index in [0.29, 0.717) is 25.7 Å². The average molecular weight is 1200 g/mol. The molecule has 0 amide bonds. The van der Waals surface area contributed by atoms with Crippen LogP contribution in [-0.4, -0.2) is 96.7 Å². The maximum absolute atomic E-state index is 12.9. The first-order valence-corrected chi connectivity index (χ1v) is 35.8. The standard InChI is InChI=1S/C62H120O17P2/c1-5-9-13-17-21-25-26-27-28-29-30-33-37-41-45-49-62(67)79-58(53-73-60(65)47-43-39-35-31-22-18-14-10-6-2)55-77-81(70,71)75-51-56(63)50-74-80(68,69)76-54-57(52-72-59(64)46-42-38-34-24-20-16-12-8-4)78-61(66)48-44-40-36-32-23-19-15-11-7-3/h56-58,63H,5-55H2,1-4H3,(H,68,69)(H,70,71)/t56-,57+,58+/m0/s1. The van der Waals surface area contributed by atoms with Gasteiger partial charge in [0, 0.05) is 25.7 Å². The Morgan fingerprint density at radius 2 is 0.494 bits per heavy atom. The number of ether oxygens (including phenoxy) is 4. The summed E-state index contributed by atoms with van der Waals surface area (Å²) in [5.41, 5.74) is 0. The Morgan fingerprint density at radius 3 is 0.728 bits per heavy atom. The van der Waals surface area contributed by atoms with Gasteiger partial charge in [0.1, 0.15) is 19.3 Å². The molecule has 0 aliphatic heterocycles. The molecule has 5 atom stereocenters. The van der Waals surface area contributed by atoms with Crippen molar-refractivity contribution in [2.75, 3.05) is 39.6 Å². The van der Waals surface area contributed by atoms with E-state index in [1.54, 1.807) is 0 Å². The normalized spacial score (nSPS) is 14.2. The fraction of sp³-hybridized carbons (Fsp3) is 0.935. The summed E-state index contributed by atoms with van der Waals surface area (Å²) < 4.78 is 67.8. The molecule has 3 N–H and O–H groups in total. The number of aliphatic hydroxyl groups is 1. The van der Waals surface area contributed by atoms with Gasteiger partial charge in [-0.1, -0.05) is 265 Å². The van der Waals surface area contributed by atoms with E-state index in [4.69, 9.17) is 37.0 Å². The second-order valence-electron chi connectivity index (χ2n) is 22.4. The van der Waals surface area contributed by atoms with Crippen LogP contribution < -0.4 is 0 Å². The van der Waals surface area contributed by atoms with E-state index in [1.165, 1.54) is 141 Å². The van der Waals surface area contributed by atoms with Crippen LogP contribution in [0.1, 0.15) is 317 Å². The minimum absolute atomic E-state index is 0.106. The molecule has 0 heterocycles. The minimum atomic E-state index is -4.94. The number of phosphoric acid groups is 2. The number of esters is 4. The molecule has 0 fully saturated rings. The van der Waals surface area contributed by atoms with Crippen molar-refractivity contribution in [1.29, 1.82) is 0 Å². The lowest BCUT2D eigenvalue weighted by Crippen LogP contribution is -2.30. The Balaban J connectivity index is 5.19. The van der Waals surface area contributed by atoms with Crippen LogP contribution in [0.25, 0.3) is 0 Å². The van der Waals surface area contributed by atoms with E-state index in [2.05, 4.69) is 27.7 Å². The van der Waals surface area contributed by atoms with Crippen LogP contribution in [0.3, 0.4) is 0 Å². The van der Waals surface area contributed by atoms with Gasteiger partial charge in [0.2, 0.25) is 0 Å². The van der Waals surface area contributed by atoms with Crippen LogP contribution in [-0.2, 0) is 65.4 Å². The first-order valence-electron chi connectivity index (χ1n) is 32.8. The highest BCUT2D eigenvalue weighted by Gasteiger charge is 2.30. The molecule has 0 radical (unpaired) electrons. The number of carbonyl (C=O) groups excluding carboxylic acids is 4. The summed E-state index contributed by atoms with van der Waals surface area (Å²) >= 11 is 0. The average Bonchev–Trinajstić information content (AvgIpc) is 3.44. The fourth-order valence-corrected chi connectivity index (χ4v) is 10.9. The molecule has 19 heteroatoms. The van der Waals surface area contributed by atoms with E-state index >= 15 is 0 Å². The lowest BCUT2D eigenvalue weighted by atomic mass is 10.0. The predicted molar refractivity (Wildman–Crippen MR) is 322 cm³/mol. The topological polar surface area (TPSA) is 237 Å². The highest BCUT2D eigenvalue weighted by atomic mass is 31.2. The molecular formula is C62H120O17P2. The molecule has 81 heavy (non-hydrogen) atoms. The minimum Gasteiger partial charge on any atom is -0.462 e. The van der Waals surface area contributed by atoms with Gasteiger partial charge in [-0.05, 0) is 25.7 Å². The van der Waals surface area contributed by atoms with Crippen molar-refractivity contribution in [1.82, 2.24) is 0 Å². The van der Waals surface area contributed by atoms with Gasteiger partial charge in [0.15, 0.2) is 12.2 Å². The van der Waals surface area contributed by atoms with E-state index < -0.39 is 97.5 Å². The third-order valence-electron chi connectivity index (χ3n) is 14.4. The maximum atomic E-state index is 12.9. The number of aliphatic hydroxyl groups excluding tert-OH is 1. The summed E-state index contributed by atoms with van der Waals surface area (Å²) in [5.74, 6) is -2.14. The summed E-state index contributed by atoms with van der Waals surface area (Å²) in [5, 5.41) is 10.5. The van der Waals surface area contributed by atoms with Gasteiger partial charge < -0.3 is 33.8 Å². The molecule has 480 valence electrons. The monoisotopic (exact) mass is 1200 g/mol. The van der Waals surface area contributed by atoms with E-state index in [9.17, 15) is 43.2 Å². The molecule has 0 spiro atoms. The zero-order valence-corrected chi connectivity index (χ0v) is 53.5. The van der Waals surface area contributed by atoms with Gasteiger partial charge in [-0.15, -0.1) is 0 Å². The molecule has 0 saturated heterocycles. The largest absolute Gasteiger partial charge is 0.472 e. The first-order chi connectivity index (χ1) is 39.2. The molecular weight excluding hydrogens is 1080 g/mol. The lowest BCUT2D eigenvalue weighted by molar-refractivity contribution is -0.161. The Hall–Kier alpha value is -1.94. The molecule has 0 bridgehead atoms. The number of carbonyl (C=O) groups is 4. The predicted octanol–water partition coefficient (Wildman–Crippen LogP) is 17.2. The van der Waals surface area contributed by atoms with Crippen molar-refractivity contribution in [3.05, 3.63) is 0 Å². The SMILES string of the molecule is CCCCCCCCCCCCCCCCCC(=O)O[C@H](COC(=O)CCCCCCCCCCC)COP(=O)(O)OC[C@@H](O)COP(=O)(O)OC[C@@H](COC(=O)CCCCCCCCCC)OC(=O)CCCCCCCCCCC. The zero-order chi connectivity index (χ0) is 59.8. The van der Waals surface area contributed by atoms with Crippen LogP contribution in [0.2, 0.25) is 0 Å². The van der Waals surface area contributed by atoms with Gasteiger partial charge in [0.25, 0.3) is 0 Å². The van der Waals surface area contributed by atoms with Crippen molar-refractivity contribution < 1.29 is 80.2 Å². The summed E-state index contributed by atoms with van der Waals surface area (Å²) in [6.07, 6.45) is 41.7. The van der Waals surface area contributed by atoms with Crippen molar-refractivity contribution in [3.63, 3.8) is 0 Å². The van der Waals surface area contributed by atoms with Gasteiger partial charge in [0.05, 0.1) is 26.4 Å². The number of rotatable bonds is 63. The quantitative estimate of drug-likeness (QED) is 0.0222. The first kappa shape index (κ1) is 79.1. The fourth-order valence-electron chi connectivity index (χ4n) is 9.28. The van der Waals surface area contributed by atoms with Crippen LogP contribution in [0.15, 0.2) is 0 Å². The Bertz CT molecular complexity index is 1570. The Labute approximate surface area is 492 Å². The summed E-state index contributed by atoms with van der Waals surface area (Å²) in [4.78, 5) is 72.0. The summed E-state index contributed by atoms with van der Waals surface area (Å²) in [6.45, 7) is 4.83. The molecule has 0 aromatic rings. The Morgan fingerprint density at radius 1 is 0.296 bits per heavy atom. The van der Waals surface area contributed by atoms with Crippen LogP contribution in [0.4, 0.5) is 0 Å². The smallest absolute Gasteiger partial charge is 0.462 e. The summed E-state index contributed by atoms with van der Waals surface area (Å²) in [7, 11) is -9.87. The van der Waals surface area contributed by atoms with Crippen molar-refractivity contribution in [3.8, 4) is 0 Å². The molecule has 0 aliphatic carbocycles. The molecule has 0 aromatic carbocycles. The molecule has 0 saturated carbocycles. The highest BCUT2D eigenvalue weighted by Crippen LogP contribution is 2.45. The van der Waals surface area contributed by atoms with Crippen LogP contribution in [0.5, 0.6) is 0 Å².